The topological polar surface area (TPSA) is 68.6 Å². The van der Waals surface area contributed by atoms with Crippen LogP contribution in [0, 0.1) is 6.92 Å². The van der Waals surface area contributed by atoms with Crippen molar-refractivity contribution in [2.75, 3.05) is 31.6 Å². The molecule has 2 aliphatic heterocycles. The van der Waals surface area contributed by atoms with Gasteiger partial charge in [-0.1, -0.05) is 24.3 Å². The molecule has 1 N–H and O–H groups in total. The highest BCUT2D eigenvalue weighted by atomic mass is 16.6. The predicted molar refractivity (Wildman–Crippen MR) is 118 cm³/mol. The first-order valence-electron chi connectivity index (χ1n) is 10.7. The van der Waals surface area contributed by atoms with E-state index in [4.69, 9.17) is 9.47 Å². The normalized spacial score (nSPS) is 18.2. The van der Waals surface area contributed by atoms with Gasteiger partial charge in [0.15, 0.2) is 11.5 Å². The molecule has 1 amide bonds. The minimum absolute atomic E-state index is 0.0403. The Morgan fingerprint density at radius 2 is 1.90 bits per heavy atom. The SMILES string of the molecule is Cc1cc(NC(=O)CN2CCCC2c2ccc3c(c2)OCCO3)n(-c2ccccc2)n1. The molecule has 0 aliphatic carbocycles. The summed E-state index contributed by atoms with van der Waals surface area (Å²) in [6.45, 7) is 4.30. The molecule has 0 saturated carbocycles. The van der Waals surface area contributed by atoms with Crippen molar-refractivity contribution in [3.05, 3.63) is 65.9 Å². The van der Waals surface area contributed by atoms with Gasteiger partial charge in [-0.3, -0.25) is 9.69 Å². The second kappa shape index (κ2) is 8.43. The number of nitrogens with zero attached hydrogens (tertiary/aromatic N) is 3. The molecule has 1 fully saturated rings. The summed E-state index contributed by atoms with van der Waals surface area (Å²) in [6, 6.07) is 18.0. The van der Waals surface area contributed by atoms with E-state index in [1.54, 1.807) is 4.68 Å². The van der Waals surface area contributed by atoms with E-state index in [1.165, 1.54) is 5.56 Å². The highest BCUT2D eigenvalue weighted by Crippen LogP contribution is 2.38. The van der Waals surface area contributed by atoms with E-state index >= 15 is 0 Å². The van der Waals surface area contributed by atoms with Gasteiger partial charge in [-0.25, -0.2) is 4.68 Å². The van der Waals surface area contributed by atoms with Gasteiger partial charge < -0.3 is 14.8 Å². The summed E-state index contributed by atoms with van der Waals surface area (Å²) < 4.78 is 13.2. The molecule has 160 valence electrons. The van der Waals surface area contributed by atoms with Crippen LogP contribution in [0.1, 0.15) is 30.1 Å². The van der Waals surface area contributed by atoms with Gasteiger partial charge in [0.05, 0.1) is 17.9 Å². The molecule has 5 rings (SSSR count). The number of nitrogens with one attached hydrogen (secondary N) is 1. The van der Waals surface area contributed by atoms with Gasteiger partial charge >= 0.3 is 0 Å². The maximum atomic E-state index is 12.9. The molecule has 1 saturated heterocycles. The fraction of sp³-hybridized carbons (Fsp3) is 0.333. The van der Waals surface area contributed by atoms with E-state index in [9.17, 15) is 4.79 Å². The van der Waals surface area contributed by atoms with E-state index in [0.29, 0.717) is 25.6 Å². The van der Waals surface area contributed by atoms with Crippen LogP contribution in [0.5, 0.6) is 11.5 Å². The molecule has 1 unspecified atom stereocenters. The van der Waals surface area contributed by atoms with Crippen molar-refractivity contribution < 1.29 is 14.3 Å². The first-order valence-corrected chi connectivity index (χ1v) is 10.7. The molecule has 1 atom stereocenters. The quantitative estimate of drug-likeness (QED) is 0.684. The molecular weight excluding hydrogens is 392 g/mol. The number of fused-ring (bicyclic) bond motifs is 1. The Morgan fingerprint density at radius 1 is 1.10 bits per heavy atom. The number of carbonyl (C=O) groups is 1. The zero-order valence-electron chi connectivity index (χ0n) is 17.6. The third-order valence-corrected chi connectivity index (χ3v) is 5.76. The lowest BCUT2D eigenvalue weighted by atomic mass is 10.0. The largest absolute Gasteiger partial charge is 0.486 e. The number of aryl methyl sites for hydroxylation is 1. The number of ether oxygens (including phenoxy) is 2. The Morgan fingerprint density at radius 3 is 2.74 bits per heavy atom. The van der Waals surface area contributed by atoms with Crippen LogP contribution in [-0.2, 0) is 4.79 Å². The van der Waals surface area contributed by atoms with Crippen LogP contribution < -0.4 is 14.8 Å². The Hall–Kier alpha value is -3.32. The van der Waals surface area contributed by atoms with E-state index in [0.717, 1.165) is 42.3 Å². The van der Waals surface area contributed by atoms with Crippen LogP contribution in [0.25, 0.3) is 5.69 Å². The summed E-state index contributed by atoms with van der Waals surface area (Å²) in [5, 5.41) is 7.59. The summed E-state index contributed by atoms with van der Waals surface area (Å²) in [5.41, 5.74) is 2.94. The van der Waals surface area contributed by atoms with Crippen LogP contribution >= 0.6 is 0 Å². The van der Waals surface area contributed by atoms with E-state index < -0.39 is 0 Å². The summed E-state index contributed by atoms with van der Waals surface area (Å²) in [4.78, 5) is 15.2. The number of rotatable bonds is 5. The Kier molecular flexibility index (Phi) is 5.34. The number of carbonyl (C=O) groups excluding carboxylic acids is 1. The van der Waals surface area contributed by atoms with Gasteiger partial charge in [0.25, 0.3) is 0 Å². The van der Waals surface area contributed by atoms with Crippen LogP contribution in [0.4, 0.5) is 5.82 Å². The summed E-state index contributed by atoms with van der Waals surface area (Å²) in [6.07, 6.45) is 2.08. The molecule has 31 heavy (non-hydrogen) atoms. The van der Waals surface area contributed by atoms with Crippen LogP contribution in [0.2, 0.25) is 0 Å². The fourth-order valence-electron chi connectivity index (χ4n) is 4.38. The predicted octanol–water partition coefficient (Wildman–Crippen LogP) is 3.73. The van der Waals surface area contributed by atoms with E-state index in [-0.39, 0.29) is 11.9 Å². The number of amides is 1. The molecule has 7 nitrogen and oxygen atoms in total. The van der Waals surface area contributed by atoms with E-state index in [2.05, 4.69) is 27.4 Å². The fourth-order valence-corrected chi connectivity index (χ4v) is 4.38. The van der Waals surface area contributed by atoms with Crippen molar-refractivity contribution in [3.63, 3.8) is 0 Å². The van der Waals surface area contributed by atoms with Gasteiger partial charge in [0.1, 0.15) is 19.0 Å². The third kappa shape index (κ3) is 4.14. The van der Waals surface area contributed by atoms with Crippen LogP contribution in [0.15, 0.2) is 54.6 Å². The molecule has 2 aliphatic rings. The molecule has 1 aromatic heterocycles. The Labute approximate surface area is 181 Å². The van der Waals surface area contributed by atoms with Crippen molar-refractivity contribution in [2.24, 2.45) is 0 Å². The van der Waals surface area contributed by atoms with Gasteiger partial charge in [-0.05, 0) is 56.1 Å². The molecule has 0 bridgehead atoms. The number of anilines is 1. The molecule has 7 heteroatoms. The summed E-state index contributed by atoms with van der Waals surface area (Å²) >= 11 is 0. The molecule has 3 heterocycles. The van der Waals surface area contributed by atoms with Crippen molar-refractivity contribution in [1.82, 2.24) is 14.7 Å². The standard InChI is InChI=1S/C24H26N4O3/c1-17-14-23(28(26-17)19-6-3-2-4-7-19)25-24(29)16-27-11-5-8-20(27)18-9-10-21-22(15-18)31-13-12-30-21/h2-4,6-7,9-10,14-15,20H,5,8,11-13,16H2,1H3,(H,25,29). The third-order valence-electron chi connectivity index (χ3n) is 5.76. The zero-order valence-corrected chi connectivity index (χ0v) is 17.6. The number of hydrogen-bond donors (Lipinski definition) is 1. The second-order valence-corrected chi connectivity index (χ2v) is 8.00. The summed E-state index contributed by atoms with van der Waals surface area (Å²) in [7, 11) is 0. The first kappa shape index (κ1) is 19.6. The number of aromatic nitrogens is 2. The van der Waals surface area contributed by atoms with Crippen molar-refractivity contribution in [1.29, 1.82) is 0 Å². The maximum Gasteiger partial charge on any atom is 0.239 e. The van der Waals surface area contributed by atoms with Crippen LogP contribution in [-0.4, -0.2) is 46.9 Å². The number of benzene rings is 2. The van der Waals surface area contributed by atoms with Crippen molar-refractivity contribution in [2.45, 2.75) is 25.8 Å². The monoisotopic (exact) mass is 418 g/mol. The highest BCUT2D eigenvalue weighted by molar-refractivity contribution is 5.91. The molecule has 3 aromatic rings. The Balaban J connectivity index is 1.30. The lowest BCUT2D eigenvalue weighted by molar-refractivity contribution is -0.117. The second-order valence-electron chi connectivity index (χ2n) is 8.00. The molecular formula is C24H26N4O3. The average Bonchev–Trinajstić information content (AvgIpc) is 3.40. The van der Waals surface area contributed by atoms with Crippen molar-refractivity contribution in [3.8, 4) is 17.2 Å². The Bertz CT molecular complexity index is 1080. The number of likely N-dealkylation sites (tertiary alicyclic amines) is 1. The average molecular weight is 418 g/mol. The number of para-hydroxylation sites is 1. The zero-order chi connectivity index (χ0) is 21.2. The number of hydrogen-bond acceptors (Lipinski definition) is 5. The van der Waals surface area contributed by atoms with Crippen LogP contribution in [0.3, 0.4) is 0 Å². The van der Waals surface area contributed by atoms with Crippen molar-refractivity contribution >= 4 is 11.7 Å². The maximum absolute atomic E-state index is 12.9. The van der Waals surface area contributed by atoms with Gasteiger partial charge in [-0.15, -0.1) is 0 Å². The van der Waals surface area contributed by atoms with E-state index in [1.807, 2.05) is 49.4 Å². The van der Waals surface area contributed by atoms with Gasteiger partial charge in [0, 0.05) is 12.1 Å². The van der Waals surface area contributed by atoms with Gasteiger partial charge in [0.2, 0.25) is 5.91 Å². The minimum atomic E-state index is -0.0403. The minimum Gasteiger partial charge on any atom is -0.486 e. The molecule has 0 radical (unpaired) electrons. The van der Waals surface area contributed by atoms with Gasteiger partial charge in [-0.2, -0.15) is 5.10 Å². The first-order chi connectivity index (χ1) is 15.2. The highest BCUT2D eigenvalue weighted by Gasteiger charge is 2.29. The molecule has 0 spiro atoms. The lowest BCUT2D eigenvalue weighted by Crippen LogP contribution is -2.33. The summed E-state index contributed by atoms with van der Waals surface area (Å²) in [5.74, 6) is 2.23. The lowest BCUT2D eigenvalue weighted by Gasteiger charge is -2.26. The molecule has 2 aromatic carbocycles. The smallest absolute Gasteiger partial charge is 0.239 e.